The second-order valence-electron chi connectivity index (χ2n) is 12.6. The maximum Gasteiger partial charge on any atom is 0.344 e. The van der Waals surface area contributed by atoms with Gasteiger partial charge in [0, 0.05) is 25.3 Å². The average Bonchev–Trinajstić information content (AvgIpc) is 3.41. The van der Waals surface area contributed by atoms with Crippen LogP contribution in [0.5, 0.6) is 0 Å². The van der Waals surface area contributed by atoms with Crippen LogP contribution in [0.3, 0.4) is 0 Å². The summed E-state index contributed by atoms with van der Waals surface area (Å²) < 4.78 is 47.8. The van der Waals surface area contributed by atoms with Gasteiger partial charge in [0.05, 0.1) is 31.9 Å². The zero-order valence-electron chi connectivity index (χ0n) is 24.4. The van der Waals surface area contributed by atoms with Gasteiger partial charge in [0.2, 0.25) is 0 Å². The Labute approximate surface area is 266 Å². The molecule has 2 heterocycles. The van der Waals surface area contributed by atoms with Crippen LogP contribution >= 0.6 is 42.1 Å². The van der Waals surface area contributed by atoms with Crippen LogP contribution in [0.15, 0.2) is 0 Å². The van der Waals surface area contributed by atoms with Crippen molar-refractivity contribution in [2.45, 2.75) is 80.2 Å². The molecule has 0 aromatic rings. The monoisotopic (exact) mass is 780 g/mol. The summed E-state index contributed by atoms with van der Waals surface area (Å²) in [6, 6.07) is -0.342. The minimum Gasteiger partial charge on any atom is -1.00 e. The number of quaternary nitrogens is 1. The molecule has 0 radical (unpaired) electrons. The van der Waals surface area contributed by atoms with Gasteiger partial charge in [-0.1, -0.05) is 11.8 Å². The first-order chi connectivity index (χ1) is 18.9. The van der Waals surface area contributed by atoms with Crippen LogP contribution in [0.1, 0.15) is 58.3 Å². The summed E-state index contributed by atoms with van der Waals surface area (Å²) in [5.74, 6) is 0.434. The zero-order valence-corrected chi connectivity index (χ0v) is 30.4. The van der Waals surface area contributed by atoms with E-state index in [2.05, 4.69) is 0 Å². The summed E-state index contributed by atoms with van der Waals surface area (Å²) in [6.07, 6.45) is 2.72. The van der Waals surface area contributed by atoms with E-state index in [0.29, 0.717) is 16.8 Å². The summed E-state index contributed by atoms with van der Waals surface area (Å²) in [6.45, 7) is 3.73. The molecular weight excluding hydrogens is 736 g/mol. The van der Waals surface area contributed by atoms with Crippen LogP contribution in [0, 0.1) is 11.8 Å². The summed E-state index contributed by atoms with van der Waals surface area (Å²) in [7, 11) is -15.8. The van der Waals surface area contributed by atoms with E-state index >= 15 is 0 Å². The van der Waals surface area contributed by atoms with Gasteiger partial charge < -0.3 is 65.5 Å². The zero-order chi connectivity index (χ0) is 32.2. The number of fused-ring (bicyclic) bond motifs is 2. The number of rotatable bonds is 7. The quantitative estimate of drug-likeness (QED) is 0.113. The van der Waals surface area contributed by atoms with E-state index in [1.807, 2.05) is 19.0 Å². The van der Waals surface area contributed by atoms with Gasteiger partial charge in [0.25, 0.3) is 0 Å². The van der Waals surface area contributed by atoms with Gasteiger partial charge >= 0.3 is 30.4 Å². The highest BCUT2D eigenvalue weighted by molar-refractivity contribution is 8.13. The molecule has 2 saturated heterocycles. The summed E-state index contributed by atoms with van der Waals surface area (Å²) >= 11 is 1.21. The summed E-state index contributed by atoms with van der Waals surface area (Å²) in [4.78, 5) is 85.3. The van der Waals surface area contributed by atoms with Crippen molar-refractivity contribution < 1.29 is 83.7 Å². The summed E-state index contributed by atoms with van der Waals surface area (Å²) in [5, 5.41) is 0.0152. The molecule has 0 aromatic carbocycles. The lowest BCUT2D eigenvalue weighted by molar-refractivity contribution is -0.938. The predicted molar refractivity (Wildman–Crippen MR) is 157 cm³/mol. The SMILES string of the molecule is CC(=O)SCC[N+]1(C)CCCC2CC(P(=O)(O)O)(P(=O)(O)O)CC21.CN1CCCC2CC(P(=O)(O)O)(P(=O)(O)O)CC21.[Br-]. The fraction of sp³-hybridized carbons (Fsp3) is 0.955. The van der Waals surface area contributed by atoms with Crippen LogP contribution in [0.2, 0.25) is 0 Å². The Balaban J connectivity index is 0.000000304. The molecule has 8 N–H and O–H groups in total. The van der Waals surface area contributed by atoms with E-state index in [4.69, 9.17) is 0 Å². The van der Waals surface area contributed by atoms with Gasteiger partial charge in [-0.05, 0) is 64.5 Å². The molecule has 5 unspecified atom stereocenters. The van der Waals surface area contributed by atoms with Gasteiger partial charge in [0.1, 0.15) is 0 Å². The number of piperidine rings is 2. The van der Waals surface area contributed by atoms with Crippen LogP contribution in [-0.4, -0.2) is 115 Å². The Morgan fingerprint density at radius 2 is 1.28 bits per heavy atom. The van der Waals surface area contributed by atoms with Gasteiger partial charge in [-0.3, -0.25) is 23.1 Å². The number of hydrogen-bond acceptors (Lipinski definition) is 7. The Kier molecular flexibility index (Phi) is 13.0. The van der Waals surface area contributed by atoms with Crippen molar-refractivity contribution in [3.8, 4) is 0 Å². The third-order valence-electron chi connectivity index (χ3n) is 10.1. The largest absolute Gasteiger partial charge is 1.00 e. The summed E-state index contributed by atoms with van der Waals surface area (Å²) in [5.41, 5.74) is 0. The number of hydrogen-bond donors (Lipinski definition) is 8. The molecule has 21 heteroatoms. The smallest absolute Gasteiger partial charge is 0.344 e. The topological polar surface area (TPSA) is 250 Å². The third kappa shape index (κ3) is 8.02. The molecule has 0 spiro atoms. The lowest BCUT2D eigenvalue weighted by Crippen LogP contribution is -3.00. The third-order valence-corrected chi connectivity index (χ3v) is 19.8. The fourth-order valence-corrected chi connectivity index (χ4v) is 14.8. The van der Waals surface area contributed by atoms with E-state index in [-0.39, 0.29) is 71.7 Å². The van der Waals surface area contributed by atoms with Gasteiger partial charge in [0.15, 0.2) is 14.9 Å². The average molecular weight is 781 g/mol. The van der Waals surface area contributed by atoms with E-state index < -0.39 is 40.2 Å². The van der Waals surface area contributed by atoms with Gasteiger partial charge in [-0.15, -0.1) is 0 Å². The Morgan fingerprint density at radius 1 is 0.814 bits per heavy atom. The van der Waals surface area contributed by atoms with Crippen LogP contribution in [0.4, 0.5) is 0 Å². The highest BCUT2D eigenvalue weighted by Crippen LogP contribution is 2.77. The molecule has 15 nitrogen and oxygen atoms in total. The Hall–Kier alpha value is 1.02. The van der Waals surface area contributed by atoms with E-state index in [0.717, 1.165) is 38.8 Å². The number of carbonyl (C=O) groups excluding carboxylic acids is 1. The molecule has 0 bridgehead atoms. The van der Waals surface area contributed by atoms with Crippen molar-refractivity contribution >= 4 is 47.3 Å². The highest BCUT2D eigenvalue weighted by Gasteiger charge is 2.69. The Bertz CT molecular complexity index is 1180. The van der Waals surface area contributed by atoms with Crippen molar-refractivity contribution in [3.05, 3.63) is 0 Å². The molecule has 5 atom stereocenters. The molecule has 4 fully saturated rings. The predicted octanol–water partition coefficient (Wildman–Crippen LogP) is -1.12. The number of likely N-dealkylation sites (tertiary alicyclic amines) is 2. The maximum absolute atomic E-state index is 12.0. The second-order valence-corrected chi connectivity index (χ2v) is 22.4. The molecule has 254 valence electrons. The maximum atomic E-state index is 12.0. The number of carbonyl (C=O) groups is 1. The molecule has 2 saturated carbocycles. The number of thioether (sulfide) groups is 1. The van der Waals surface area contributed by atoms with Crippen LogP contribution < -0.4 is 17.0 Å². The number of halogens is 1. The first kappa shape index (κ1) is 40.2. The molecule has 2 aliphatic heterocycles. The molecule has 4 rings (SSSR count). The van der Waals surface area contributed by atoms with Crippen molar-refractivity contribution in [2.24, 2.45) is 11.8 Å². The normalized spacial score (nSPS) is 32.5. The first-order valence-electron chi connectivity index (χ1n) is 13.8. The Morgan fingerprint density at radius 3 is 1.74 bits per heavy atom. The fourth-order valence-electron chi connectivity index (χ4n) is 7.73. The second kappa shape index (κ2) is 13.9. The molecular formula is C22H45BrN2O13P4S. The van der Waals surface area contributed by atoms with E-state index in [1.54, 1.807) is 0 Å². The standard InChI is InChI=1S/C13H25NO7P2S.C9H19NO6P2.BrH/c1-10(15)24-7-6-14(2)5-3-4-11-8-13(9-12(11)14,22(16,17)18)23(19,20)21;1-10-4-2-3-7-5-9(6-8(7)10,17(11,12)13)18(14,15)16;/h11-12H,3-9H2,1-2H3,(H3-,16,17,18,19,20,21);7-8H,2-6H2,1H3,(H2,11,12,13)(H2,14,15,16);1H. The lowest BCUT2D eigenvalue weighted by atomic mass is 9.90. The van der Waals surface area contributed by atoms with Crippen molar-refractivity contribution in [1.29, 1.82) is 0 Å². The minimum atomic E-state index is -4.97. The van der Waals surface area contributed by atoms with Crippen LogP contribution in [0.25, 0.3) is 0 Å². The van der Waals surface area contributed by atoms with Crippen molar-refractivity contribution in [2.75, 3.05) is 39.5 Å². The first-order valence-corrected chi connectivity index (χ1v) is 21.2. The molecule has 4 aliphatic rings. The van der Waals surface area contributed by atoms with Crippen molar-refractivity contribution in [1.82, 2.24) is 4.90 Å². The minimum absolute atomic E-state index is 0. The van der Waals surface area contributed by atoms with Crippen LogP contribution in [-0.2, 0) is 23.1 Å². The van der Waals surface area contributed by atoms with Gasteiger partial charge in [-0.2, -0.15) is 0 Å². The molecule has 0 aromatic heterocycles. The molecule has 43 heavy (non-hydrogen) atoms. The van der Waals surface area contributed by atoms with Gasteiger partial charge in [-0.25, -0.2) is 0 Å². The van der Waals surface area contributed by atoms with Crippen molar-refractivity contribution in [3.63, 3.8) is 0 Å². The molecule has 2 aliphatic carbocycles. The highest BCUT2D eigenvalue weighted by atomic mass is 79.9. The van der Waals surface area contributed by atoms with E-state index in [9.17, 15) is 62.2 Å². The molecule has 0 amide bonds. The lowest BCUT2D eigenvalue weighted by Gasteiger charge is -2.46. The number of nitrogens with zero attached hydrogens (tertiary/aromatic N) is 2. The van der Waals surface area contributed by atoms with E-state index in [1.165, 1.54) is 18.7 Å².